The molecule has 2 N–H and O–H groups in total. The third-order valence-electron chi connectivity index (χ3n) is 6.58. The second-order valence-electron chi connectivity index (χ2n) is 8.01. The molecule has 2 aliphatic carbocycles. The van der Waals surface area contributed by atoms with E-state index in [1.165, 1.54) is 32.1 Å². The summed E-state index contributed by atoms with van der Waals surface area (Å²) in [7, 11) is 0. The van der Waals surface area contributed by atoms with E-state index in [9.17, 15) is 9.90 Å². The maximum Gasteiger partial charge on any atom is 0.234 e. The molecule has 1 spiro atoms. The van der Waals surface area contributed by atoms with Gasteiger partial charge in [-0.25, -0.2) is 0 Å². The van der Waals surface area contributed by atoms with Crippen LogP contribution in [0.15, 0.2) is 0 Å². The largest absolute Gasteiger partial charge is 0.392 e. The smallest absolute Gasteiger partial charge is 0.234 e. The second kappa shape index (κ2) is 8.15. The van der Waals surface area contributed by atoms with E-state index in [2.05, 4.69) is 10.2 Å². The highest BCUT2D eigenvalue weighted by atomic mass is 16.5. The number of aliphatic hydroxyl groups is 1. The summed E-state index contributed by atoms with van der Waals surface area (Å²) in [4.78, 5) is 14.4. The Labute approximate surface area is 146 Å². The monoisotopic (exact) mass is 338 g/mol. The molecule has 2 unspecified atom stereocenters. The number of nitrogens with one attached hydrogen (secondary N) is 1. The number of carbonyl (C=O) groups is 1. The fraction of sp³-hybridized carbons (Fsp3) is 0.947. The van der Waals surface area contributed by atoms with Crippen LogP contribution in [-0.2, 0) is 9.53 Å². The Balaban J connectivity index is 1.38. The van der Waals surface area contributed by atoms with Crippen molar-refractivity contribution < 1.29 is 14.6 Å². The van der Waals surface area contributed by atoms with Gasteiger partial charge in [-0.1, -0.05) is 19.3 Å². The lowest BCUT2D eigenvalue weighted by atomic mass is 9.58. The molecule has 0 aromatic rings. The van der Waals surface area contributed by atoms with Gasteiger partial charge in [0.2, 0.25) is 5.91 Å². The van der Waals surface area contributed by atoms with Crippen LogP contribution in [0.2, 0.25) is 0 Å². The summed E-state index contributed by atoms with van der Waals surface area (Å²) < 4.78 is 5.81. The van der Waals surface area contributed by atoms with E-state index < -0.39 is 0 Å². The minimum atomic E-state index is -0.226. The number of piperidine rings is 1. The normalized spacial score (nSPS) is 30.9. The molecule has 3 fully saturated rings. The molecule has 0 aromatic carbocycles. The van der Waals surface area contributed by atoms with Gasteiger partial charge in [-0.3, -0.25) is 9.69 Å². The van der Waals surface area contributed by atoms with Crippen LogP contribution in [0.25, 0.3) is 0 Å². The first-order valence-electron chi connectivity index (χ1n) is 9.93. The number of rotatable bonds is 6. The van der Waals surface area contributed by atoms with Gasteiger partial charge in [0.05, 0.1) is 18.8 Å². The number of nitrogens with zero attached hydrogens (tertiary/aromatic N) is 1. The van der Waals surface area contributed by atoms with Gasteiger partial charge in [-0.15, -0.1) is 0 Å². The molecule has 1 saturated heterocycles. The van der Waals surface area contributed by atoms with E-state index in [-0.39, 0.29) is 23.5 Å². The van der Waals surface area contributed by atoms with Crippen LogP contribution in [0.3, 0.4) is 0 Å². The third-order valence-corrected chi connectivity index (χ3v) is 6.58. The number of hydrogen-bond donors (Lipinski definition) is 2. The highest BCUT2D eigenvalue weighted by Gasteiger charge is 2.55. The van der Waals surface area contributed by atoms with Gasteiger partial charge < -0.3 is 15.2 Å². The zero-order valence-electron chi connectivity index (χ0n) is 15.1. The molecule has 2 atom stereocenters. The van der Waals surface area contributed by atoms with Crippen LogP contribution >= 0.6 is 0 Å². The van der Waals surface area contributed by atoms with Gasteiger partial charge in [0.15, 0.2) is 0 Å². The Kier molecular flexibility index (Phi) is 6.17. The molecule has 24 heavy (non-hydrogen) atoms. The molecular weight excluding hydrogens is 304 g/mol. The average molecular weight is 338 g/mol. The standard InChI is InChI=1S/C19H34N2O3/c1-2-24-17-12-16(22)19(17)8-10-21(11-9-19)14-18(23)20-13-15-6-4-3-5-7-15/h15-17,22H,2-14H2,1H3,(H,20,23). The first-order valence-corrected chi connectivity index (χ1v) is 9.93. The molecule has 5 nitrogen and oxygen atoms in total. The zero-order chi connectivity index (χ0) is 17.0. The van der Waals surface area contributed by atoms with Crippen molar-refractivity contribution in [2.24, 2.45) is 11.3 Å². The van der Waals surface area contributed by atoms with Crippen LogP contribution in [-0.4, -0.2) is 60.9 Å². The Hall–Kier alpha value is -0.650. The van der Waals surface area contributed by atoms with Crippen LogP contribution < -0.4 is 5.32 Å². The summed E-state index contributed by atoms with van der Waals surface area (Å²) in [6.45, 7) is 5.85. The van der Waals surface area contributed by atoms with E-state index in [0.717, 1.165) is 38.9 Å². The maximum atomic E-state index is 12.2. The molecule has 1 heterocycles. The average Bonchev–Trinajstić information content (AvgIpc) is 2.61. The molecule has 0 radical (unpaired) electrons. The predicted molar refractivity (Wildman–Crippen MR) is 93.7 cm³/mol. The van der Waals surface area contributed by atoms with E-state index in [4.69, 9.17) is 4.74 Å². The summed E-state index contributed by atoms with van der Waals surface area (Å²) >= 11 is 0. The fourth-order valence-electron chi connectivity index (χ4n) is 4.85. The minimum Gasteiger partial charge on any atom is -0.392 e. The Morgan fingerprint density at radius 3 is 2.58 bits per heavy atom. The van der Waals surface area contributed by atoms with Crippen molar-refractivity contribution in [1.82, 2.24) is 10.2 Å². The van der Waals surface area contributed by atoms with E-state index in [0.29, 0.717) is 19.1 Å². The molecule has 1 amide bonds. The number of amides is 1. The molecule has 5 heteroatoms. The zero-order valence-corrected chi connectivity index (χ0v) is 15.1. The molecule has 2 saturated carbocycles. The highest BCUT2D eigenvalue weighted by Crippen LogP contribution is 2.50. The predicted octanol–water partition coefficient (Wildman–Crippen LogP) is 1.93. The second-order valence-corrected chi connectivity index (χ2v) is 8.01. The van der Waals surface area contributed by atoms with Crippen molar-refractivity contribution in [2.45, 2.75) is 70.5 Å². The summed E-state index contributed by atoms with van der Waals surface area (Å²) in [5.41, 5.74) is -0.0505. The lowest BCUT2D eigenvalue weighted by Crippen LogP contribution is -2.62. The maximum absolute atomic E-state index is 12.2. The number of aliphatic hydroxyl groups excluding tert-OH is 1. The van der Waals surface area contributed by atoms with Crippen LogP contribution in [0.4, 0.5) is 0 Å². The van der Waals surface area contributed by atoms with Gasteiger partial charge in [0, 0.05) is 25.0 Å². The minimum absolute atomic E-state index is 0.0505. The Morgan fingerprint density at radius 2 is 1.96 bits per heavy atom. The lowest BCUT2D eigenvalue weighted by Gasteiger charge is -2.56. The van der Waals surface area contributed by atoms with E-state index in [1.807, 2.05) is 6.92 Å². The molecule has 3 aliphatic rings. The van der Waals surface area contributed by atoms with Gasteiger partial charge in [0.25, 0.3) is 0 Å². The summed E-state index contributed by atoms with van der Waals surface area (Å²) in [6.07, 6.45) is 9.16. The molecule has 1 aliphatic heterocycles. The number of likely N-dealkylation sites (tertiary alicyclic amines) is 1. The summed E-state index contributed by atoms with van der Waals surface area (Å²) in [5.74, 6) is 0.844. The summed E-state index contributed by atoms with van der Waals surface area (Å²) in [5, 5.41) is 13.4. The van der Waals surface area contributed by atoms with Gasteiger partial charge in [0.1, 0.15) is 0 Å². The van der Waals surface area contributed by atoms with Crippen molar-refractivity contribution in [3.05, 3.63) is 0 Å². The first kappa shape index (κ1) is 18.2. The number of ether oxygens (including phenoxy) is 1. The van der Waals surface area contributed by atoms with Gasteiger partial charge in [-0.2, -0.15) is 0 Å². The Bertz CT molecular complexity index is 413. The van der Waals surface area contributed by atoms with Crippen LogP contribution in [0.1, 0.15) is 58.3 Å². The summed E-state index contributed by atoms with van der Waals surface area (Å²) in [6, 6.07) is 0. The van der Waals surface area contributed by atoms with Crippen molar-refractivity contribution in [3.63, 3.8) is 0 Å². The van der Waals surface area contributed by atoms with Crippen molar-refractivity contribution in [2.75, 3.05) is 32.8 Å². The van der Waals surface area contributed by atoms with E-state index >= 15 is 0 Å². The van der Waals surface area contributed by atoms with Gasteiger partial charge >= 0.3 is 0 Å². The molecular formula is C19H34N2O3. The molecule has 0 bridgehead atoms. The quantitative estimate of drug-likeness (QED) is 0.777. The lowest BCUT2D eigenvalue weighted by molar-refractivity contribution is -0.209. The fourth-order valence-corrected chi connectivity index (χ4v) is 4.85. The van der Waals surface area contributed by atoms with Crippen LogP contribution in [0, 0.1) is 11.3 Å². The SMILES string of the molecule is CCOC1CC(O)C12CCN(CC(=O)NCC1CCCCC1)CC2. The number of carbonyl (C=O) groups excluding carboxylic acids is 1. The van der Waals surface area contributed by atoms with Crippen molar-refractivity contribution >= 4 is 5.91 Å². The van der Waals surface area contributed by atoms with Crippen LogP contribution in [0.5, 0.6) is 0 Å². The van der Waals surface area contributed by atoms with Crippen molar-refractivity contribution in [3.8, 4) is 0 Å². The number of hydrogen-bond acceptors (Lipinski definition) is 4. The Morgan fingerprint density at radius 1 is 1.25 bits per heavy atom. The van der Waals surface area contributed by atoms with E-state index in [1.54, 1.807) is 0 Å². The molecule has 0 aromatic heterocycles. The van der Waals surface area contributed by atoms with Gasteiger partial charge in [-0.05, 0) is 51.6 Å². The third kappa shape index (κ3) is 3.94. The molecule has 3 rings (SSSR count). The first-order chi connectivity index (χ1) is 11.6. The highest BCUT2D eigenvalue weighted by molar-refractivity contribution is 5.78. The topological polar surface area (TPSA) is 61.8 Å². The van der Waals surface area contributed by atoms with Crippen molar-refractivity contribution in [1.29, 1.82) is 0 Å². The molecule has 138 valence electrons.